The van der Waals surface area contributed by atoms with Crippen molar-refractivity contribution >= 4 is 46.1 Å². The zero-order valence-electron chi connectivity index (χ0n) is 19.4. The number of Topliss-reactive ketones (excluding diaryl/α,β-unsaturated/α-hetero) is 1. The minimum Gasteiger partial charge on any atom is -0.442 e. The van der Waals surface area contributed by atoms with Crippen molar-refractivity contribution in [1.29, 1.82) is 0 Å². The van der Waals surface area contributed by atoms with Crippen LogP contribution < -0.4 is 10.2 Å². The Kier molecular flexibility index (Phi) is 6.82. The molecule has 1 aliphatic heterocycles. The number of benzene rings is 3. The van der Waals surface area contributed by atoms with E-state index in [1.807, 2.05) is 0 Å². The number of fused-ring (bicyclic) bond motifs is 1. The largest absolute Gasteiger partial charge is 0.442 e. The minimum atomic E-state index is -0.636. The predicted molar refractivity (Wildman–Crippen MR) is 135 cm³/mol. The van der Waals surface area contributed by atoms with Crippen molar-refractivity contribution < 1.29 is 23.5 Å². The van der Waals surface area contributed by atoms with Crippen LogP contribution in [0.3, 0.4) is 0 Å². The van der Waals surface area contributed by atoms with Gasteiger partial charge >= 0.3 is 6.09 Å². The molecule has 11 heteroatoms. The first-order valence-electron chi connectivity index (χ1n) is 11.5. The molecule has 5 rings (SSSR count). The Balaban J connectivity index is 1.16. The molecule has 1 fully saturated rings. The summed E-state index contributed by atoms with van der Waals surface area (Å²) in [4.78, 5) is 38.2. The van der Waals surface area contributed by atoms with E-state index in [9.17, 15) is 14.4 Å². The molecule has 0 spiro atoms. The number of nitrogens with one attached hydrogen (secondary N) is 2. The SMILES string of the molecule is O=C(CCC(=O)c1ccc(Cl)cc1)NC[C@H]1CN(c2ccc(-c3cccc4n[nH]nc34)c(F)c2)C(=O)O1. The highest BCUT2D eigenvalue weighted by Gasteiger charge is 2.33. The fourth-order valence-corrected chi connectivity index (χ4v) is 4.26. The summed E-state index contributed by atoms with van der Waals surface area (Å²) >= 11 is 5.82. The number of para-hydroxylation sites is 1. The molecule has 1 aliphatic rings. The number of aromatic nitrogens is 3. The highest BCUT2D eigenvalue weighted by atomic mass is 35.5. The zero-order chi connectivity index (χ0) is 25.9. The van der Waals surface area contributed by atoms with Crippen molar-refractivity contribution in [2.45, 2.75) is 18.9 Å². The molecule has 1 aromatic heterocycles. The first-order chi connectivity index (χ1) is 17.9. The lowest BCUT2D eigenvalue weighted by Gasteiger charge is -2.15. The van der Waals surface area contributed by atoms with Crippen molar-refractivity contribution in [2.75, 3.05) is 18.0 Å². The summed E-state index contributed by atoms with van der Waals surface area (Å²) in [7, 11) is 0. The number of hydrogen-bond acceptors (Lipinski definition) is 6. The van der Waals surface area contributed by atoms with E-state index in [0.29, 0.717) is 38.4 Å². The second kappa shape index (κ2) is 10.4. The van der Waals surface area contributed by atoms with Gasteiger partial charge in [-0.1, -0.05) is 23.7 Å². The van der Waals surface area contributed by atoms with Crippen LogP contribution in [0.1, 0.15) is 23.2 Å². The molecule has 9 nitrogen and oxygen atoms in total. The van der Waals surface area contributed by atoms with Gasteiger partial charge in [0.15, 0.2) is 5.78 Å². The van der Waals surface area contributed by atoms with E-state index >= 15 is 4.39 Å². The Bertz CT molecular complexity index is 1490. The highest BCUT2D eigenvalue weighted by Crippen LogP contribution is 2.32. The summed E-state index contributed by atoms with van der Waals surface area (Å²) in [5.74, 6) is -1.03. The van der Waals surface area contributed by atoms with E-state index in [2.05, 4.69) is 20.7 Å². The van der Waals surface area contributed by atoms with E-state index in [1.165, 1.54) is 11.0 Å². The number of ketones is 1. The van der Waals surface area contributed by atoms with Gasteiger partial charge in [-0.05, 0) is 48.5 Å². The third-order valence-corrected chi connectivity index (χ3v) is 6.30. The average molecular weight is 522 g/mol. The lowest BCUT2D eigenvalue weighted by atomic mass is 10.0. The van der Waals surface area contributed by atoms with Crippen LogP contribution in [0.4, 0.5) is 14.9 Å². The lowest BCUT2D eigenvalue weighted by molar-refractivity contribution is -0.121. The van der Waals surface area contributed by atoms with Crippen LogP contribution in [0.25, 0.3) is 22.2 Å². The van der Waals surface area contributed by atoms with E-state index < -0.39 is 18.0 Å². The van der Waals surface area contributed by atoms with Crippen molar-refractivity contribution in [1.82, 2.24) is 20.7 Å². The standard InChI is InChI=1S/C26H21ClFN5O4/c27-16-6-4-15(5-7-16)23(34)10-11-24(35)29-13-18-14-33(26(36)37-18)17-8-9-19(21(28)12-17)20-2-1-3-22-25(20)31-32-30-22/h1-9,12,18H,10-11,13-14H2,(H,29,35)(H,30,31,32)/t18-/m0/s1. The smallest absolute Gasteiger partial charge is 0.414 e. The zero-order valence-corrected chi connectivity index (χ0v) is 20.2. The van der Waals surface area contributed by atoms with E-state index in [0.717, 1.165) is 0 Å². The van der Waals surface area contributed by atoms with Gasteiger partial charge in [0, 0.05) is 34.6 Å². The summed E-state index contributed by atoms with van der Waals surface area (Å²) in [6.07, 6.45) is -1.22. The molecule has 37 heavy (non-hydrogen) atoms. The fraction of sp³-hybridized carbons (Fsp3) is 0.192. The normalized spacial score (nSPS) is 15.1. The molecular weight excluding hydrogens is 501 g/mol. The predicted octanol–water partition coefficient (Wildman–Crippen LogP) is 4.52. The van der Waals surface area contributed by atoms with Gasteiger partial charge in [-0.15, -0.1) is 0 Å². The molecule has 0 saturated carbocycles. The summed E-state index contributed by atoms with van der Waals surface area (Å²) in [5, 5.41) is 13.9. The number of aromatic amines is 1. The van der Waals surface area contributed by atoms with Crippen molar-refractivity contribution in [2.24, 2.45) is 0 Å². The van der Waals surface area contributed by atoms with Crippen LogP contribution >= 0.6 is 11.6 Å². The van der Waals surface area contributed by atoms with Gasteiger partial charge in [0.2, 0.25) is 5.91 Å². The maximum atomic E-state index is 15.1. The van der Waals surface area contributed by atoms with E-state index in [1.54, 1.807) is 54.6 Å². The lowest BCUT2D eigenvalue weighted by Crippen LogP contribution is -2.34. The number of carbonyl (C=O) groups is 3. The van der Waals surface area contributed by atoms with Gasteiger partial charge in [-0.3, -0.25) is 14.5 Å². The van der Waals surface area contributed by atoms with Crippen LogP contribution in [-0.4, -0.2) is 52.4 Å². The molecule has 0 aliphatic carbocycles. The number of rotatable bonds is 8. The summed E-state index contributed by atoms with van der Waals surface area (Å²) in [6.45, 7) is 0.214. The number of anilines is 1. The third kappa shape index (κ3) is 5.29. The molecule has 2 heterocycles. The molecule has 1 saturated heterocycles. The molecule has 0 bridgehead atoms. The maximum Gasteiger partial charge on any atom is 0.414 e. The number of carbonyl (C=O) groups excluding carboxylic acids is 3. The van der Waals surface area contributed by atoms with E-state index in [4.69, 9.17) is 16.3 Å². The third-order valence-electron chi connectivity index (χ3n) is 6.05. The second-order valence-corrected chi connectivity index (χ2v) is 8.95. The van der Waals surface area contributed by atoms with Gasteiger partial charge in [0.25, 0.3) is 0 Å². The molecular formula is C26H21ClFN5O4. The van der Waals surface area contributed by atoms with Crippen molar-refractivity contribution in [3.8, 4) is 11.1 Å². The van der Waals surface area contributed by atoms with Gasteiger partial charge in [-0.2, -0.15) is 15.4 Å². The van der Waals surface area contributed by atoms with Gasteiger partial charge in [0.1, 0.15) is 23.0 Å². The number of H-pyrrole nitrogens is 1. The average Bonchev–Trinajstić information content (AvgIpc) is 3.53. The van der Waals surface area contributed by atoms with Gasteiger partial charge in [-0.25, -0.2) is 9.18 Å². The summed E-state index contributed by atoms with van der Waals surface area (Å²) in [6, 6.07) is 16.2. The monoisotopic (exact) mass is 521 g/mol. The molecule has 3 aromatic carbocycles. The van der Waals surface area contributed by atoms with Crippen LogP contribution in [0.5, 0.6) is 0 Å². The van der Waals surface area contributed by atoms with Crippen LogP contribution in [0.2, 0.25) is 5.02 Å². The number of nitrogens with zero attached hydrogens (tertiary/aromatic N) is 3. The number of amides is 2. The molecule has 2 amide bonds. The number of ether oxygens (including phenoxy) is 1. The topological polar surface area (TPSA) is 117 Å². The molecule has 1 atom stereocenters. The molecule has 2 N–H and O–H groups in total. The van der Waals surface area contributed by atoms with Crippen LogP contribution in [-0.2, 0) is 9.53 Å². The number of cyclic esters (lactones) is 1. The Morgan fingerprint density at radius 1 is 1.08 bits per heavy atom. The maximum absolute atomic E-state index is 15.1. The molecule has 4 aromatic rings. The number of halogens is 2. The Labute approximate surface area is 215 Å². The van der Waals surface area contributed by atoms with Crippen LogP contribution in [0.15, 0.2) is 60.7 Å². The van der Waals surface area contributed by atoms with Crippen molar-refractivity contribution in [3.05, 3.63) is 77.1 Å². The molecule has 188 valence electrons. The Morgan fingerprint density at radius 2 is 1.89 bits per heavy atom. The number of hydrogen-bond donors (Lipinski definition) is 2. The van der Waals surface area contributed by atoms with E-state index in [-0.39, 0.29) is 37.6 Å². The second-order valence-electron chi connectivity index (χ2n) is 8.51. The summed E-state index contributed by atoms with van der Waals surface area (Å²) < 4.78 is 20.4. The Morgan fingerprint density at radius 3 is 2.68 bits per heavy atom. The van der Waals surface area contributed by atoms with Gasteiger partial charge in [0.05, 0.1) is 18.8 Å². The van der Waals surface area contributed by atoms with Crippen molar-refractivity contribution in [3.63, 3.8) is 0 Å². The molecule has 0 unspecified atom stereocenters. The van der Waals surface area contributed by atoms with Gasteiger partial charge < -0.3 is 10.1 Å². The quantitative estimate of drug-likeness (QED) is 0.329. The fourth-order valence-electron chi connectivity index (χ4n) is 4.14. The van der Waals surface area contributed by atoms with Crippen LogP contribution in [0, 0.1) is 5.82 Å². The molecule has 0 radical (unpaired) electrons. The first kappa shape index (κ1) is 24.4. The minimum absolute atomic E-state index is 0.00319. The highest BCUT2D eigenvalue weighted by molar-refractivity contribution is 6.30. The first-order valence-corrected chi connectivity index (χ1v) is 11.9. The summed E-state index contributed by atoms with van der Waals surface area (Å²) in [5.41, 5.74) is 2.88. The Hall–Kier alpha value is -4.31.